The Morgan fingerprint density at radius 3 is 2.76 bits per heavy atom. The van der Waals surface area contributed by atoms with Gasteiger partial charge in [0.1, 0.15) is 6.29 Å². The fraction of sp³-hybridized carbons (Fsp3) is 0.286. The van der Waals surface area contributed by atoms with Gasteiger partial charge >= 0.3 is 0 Å². The smallest absolute Gasteiger partial charge is 0.235 e. The monoisotopic (exact) mass is 227 g/mol. The van der Waals surface area contributed by atoms with Gasteiger partial charge in [0.05, 0.1) is 5.41 Å². The van der Waals surface area contributed by atoms with Crippen LogP contribution in [-0.4, -0.2) is 12.2 Å². The van der Waals surface area contributed by atoms with Crippen molar-refractivity contribution >= 4 is 17.9 Å². The number of fused-ring (bicyclic) bond motifs is 2. The molecule has 3 rings (SSSR count). The lowest BCUT2D eigenvalue weighted by Crippen LogP contribution is -2.32. The van der Waals surface area contributed by atoms with Gasteiger partial charge in [-0.1, -0.05) is 23.8 Å². The zero-order chi connectivity index (χ0) is 12.0. The highest BCUT2D eigenvalue weighted by atomic mass is 16.2. The normalized spacial score (nSPS) is 26.3. The van der Waals surface area contributed by atoms with E-state index in [-0.39, 0.29) is 5.91 Å². The van der Waals surface area contributed by atoms with Crippen LogP contribution in [-0.2, 0) is 15.0 Å². The van der Waals surface area contributed by atoms with Gasteiger partial charge in [-0.2, -0.15) is 0 Å². The van der Waals surface area contributed by atoms with E-state index in [9.17, 15) is 9.59 Å². The second-order valence-corrected chi connectivity index (χ2v) is 4.86. The van der Waals surface area contributed by atoms with Gasteiger partial charge < -0.3 is 5.32 Å². The molecule has 3 heteroatoms. The van der Waals surface area contributed by atoms with Crippen molar-refractivity contribution in [3.63, 3.8) is 0 Å². The SMILES string of the molecule is CC1=C(C=O)C[C@@]2(C1)C(=O)Nc1ccccc12. The summed E-state index contributed by atoms with van der Waals surface area (Å²) in [5.74, 6) is 0.0231. The first-order valence-electron chi connectivity index (χ1n) is 5.72. The molecule has 0 saturated carbocycles. The van der Waals surface area contributed by atoms with Crippen LogP contribution in [0.2, 0.25) is 0 Å². The number of aldehydes is 1. The van der Waals surface area contributed by atoms with E-state index in [0.717, 1.165) is 28.7 Å². The molecule has 1 heterocycles. The van der Waals surface area contributed by atoms with Gasteiger partial charge in [-0.15, -0.1) is 0 Å². The largest absolute Gasteiger partial charge is 0.325 e. The van der Waals surface area contributed by atoms with Crippen molar-refractivity contribution in [3.05, 3.63) is 41.0 Å². The Bertz CT molecular complexity index is 559. The Balaban J connectivity index is 2.12. The van der Waals surface area contributed by atoms with E-state index in [0.29, 0.717) is 12.8 Å². The summed E-state index contributed by atoms with van der Waals surface area (Å²) in [5.41, 5.74) is 3.19. The molecule has 0 bridgehead atoms. The van der Waals surface area contributed by atoms with Gasteiger partial charge in [-0.25, -0.2) is 0 Å². The predicted molar refractivity (Wildman–Crippen MR) is 64.7 cm³/mol. The summed E-state index contributed by atoms with van der Waals surface area (Å²) >= 11 is 0. The molecule has 3 nitrogen and oxygen atoms in total. The molecule has 1 aromatic carbocycles. The van der Waals surface area contributed by atoms with Crippen molar-refractivity contribution in [1.29, 1.82) is 0 Å². The second kappa shape index (κ2) is 3.29. The molecular weight excluding hydrogens is 214 g/mol. The maximum atomic E-state index is 12.2. The fourth-order valence-corrected chi connectivity index (χ4v) is 2.97. The number of allylic oxidation sites excluding steroid dienone is 2. The quantitative estimate of drug-likeness (QED) is 0.747. The van der Waals surface area contributed by atoms with Gasteiger partial charge in [-0.05, 0) is 37.0 Å². The van der Waals surface area contributed by atoms with Gasteiger partial charge in [-0.3, -0.25) is 9.59 Å². The summed E-state index contributed by atoms with van der Waals surface area (Å²) < 4.78 is 0. The summed E-state index contributed by atoms with van der Waals surface area (Å²) in [5, 5.41) is 2.91. The molecule has 0 saturated heterocycles. The predicted octanol–water partition coefficient (Wildman–Crippen LogP) is 2.19. The van der Waals surface area contributed by atoms with Crippen LogP contribution in [0, 0.1) is 0 Å². The standard InChI is InChI=1S/C14H13NO2/c1-9-6-14(7-10(9)8-16)11-4-2-3-5-12(11)15-13(14)17/h2-5,8H,6-7H2,1H3,(H,15,17)/t14-/m1/s1. The highest BCUT2D eigenvalue weighted by Gasteiger charge is 2.50. The van der Waals surface area contributed by atoms with Crippen molar-refractivity contribution in [2.75, 3.05) is 5.32 Å². The Morgan fingerprint density at radius 1 is 1.29 bits per heavy atom. The van der Waals surface area contributed by atoms with Crippen LogP contribution < -0.4 is 5.32 Å². The molecule has 86 valence electrons. The maximum absolute atomic E-state index is 12.2. The van der Waals surface area contributed by atoms with Crippen LogP contribution in [0.3, 0.4) is 0 Å². The van der Waals surface area contributed by atoms with E-state index in [1.807, 2.05) is 31.2 Å². The van der Waals surface area contributed by atoms with Gasteiger partial charge in [0, 0.05) is 5.69 Å². The minimum atomic E-state index is -0.531. The van der Waals surface area contributed by atoms with Crippen molar-refractivity contribution in [3.8, 4) is 0 Å². The maximum Gasteiger partial charge on any atom is 0.235 e. The minimum absolute atomic E-state index is 0.0231. The number of hydrogen-bond donors (Lipinski definition) is 1. The van der Waals surface area contributed by atoms with Gasteiger partial charge in [0.2, 0.25) is 5.91 Å². The first kappa shape index (κ1) is 10.3. The number of carbonyl (C=O) groups excluding carboxylic acids is 2. The summed E-state index contributed by atoms with van der Waals surface area (Å²) in [4.78, 5) is 23.2. The van der Waals surface area contributed by atoms with Gasteiger partial charge in [0.25, 0.3) is 0 Å². The van der Waals surface area contributed by atoms with Crippen LogP contribution in [0.5, 0.6) is 0 Å². The lowest BCUT2D eigenvalue weighted by atomic mass is 9.78. The molecule has 1 aromatic rings. The zero-order valence-corrected chi connectivity index (χ0v) is 9.62. The van der Waals surface area contributed by atoms with Crippen LogP contribution in [0.15, 0.2) is 35.4 Å². The molecular formula is C14H13NO2. The van der Waals surface area contributed by atoms with Crippen LogP contribution in [0.4, 0.5) is 5.69 Å². The summed E-state index contributed by atoms with van der Waals surface area (Å²) in [7, 11) is 0. The average molecular weight is 227 g/mol. The lowest BCUT2D eigenvalue weighted by Gasteiger charge is -2.21. The summed E-state index contributed by atoms with van der Waals surface area (Å²) in [6, 6.07) is 7.74. The average Bonchev–Trinajstić information content (AvgIpc) is 2.80. The Hall–Kier alpha value is -1.90. The van der Waals surface area contributed by atoms with Gasteiger partial charge in [0.15, 0.2) is 0 Å². The second-order valence-electron chi connectivity index (χ2n) is 4.86. The molecule has 0 radical (unpaired) electrons. The topological polar surface area (TPSA) is 46.2 Å². The Labute approximate surface area is 99.5 Å². The highest BCUT2D eigenvalue weighted by Crippen LogP contribution is 2.50. The number of anilines is 1. The Kier molecular flexibility index (Phi) is 1.99. The van der Waals surface area contributed by atoms with E-state index < -0.39 is 5.41 Å². The number of nitrogens with one attached hydrogen (secondary N) is 1. The molecule has 1 aliphatic carbocycles. The molecule has 1 atom stereocenters. The Morgan fingerprint density at radius 2 is 2.06 bits per heavy atom. The number of carbonyl (C=O) groups is 2. The van der Waals surface area contributed by atoms with E-state index in [1.54, 1.807) is 0 Å². The lowest BCUT2D eigenvalue weighted by molar-refractivity contribution is -0.120. The molecule has 1 aliphatic heterocycles. The fourth-order valence-electron chi connectivity index (χ4n) is 2.97. The molecule has 1 spiro atoms. The molecule has 1 amide bonds. The van der Waals surface area contributed by atoms with Crippen molar-refractivity contribution in [2.45, 2.75) is 25.2 Å². The van der Waals surface area contributed by atoms with E-state index in [4.69, 9.17) is 0 Å². The molecule has 1 N–H and O–H groups in total. The third kappa shape index (κ3) is 1.22. The first-order chi connectivity index (χ1) is 8.17. The van der Waals surface area contributed by atoms with Crippen LogP contribution in [0.25, 0.3) is 0 Å². The summed E-state index contributed by atoms with van der Waals surface area (Å²) in [6.45, 7) is 1.94. The molecule has 0 aromatic heterocycles. The van der Waals surface area contributed by atoms with E-state index >= 15 is 0 Å². The van der Waals surface area contributed by atoms with E-state index in [1.165, 1.54) is 0 Å². The van der Waals surface area contributed by atoms with E-state index in [2.05, 4.69) is 5.32 Å². The molecule has 0 fully saturated rings. The van der Waals surface area contributed by atoms with Crippen molar-refractivity contribution in [2.24, 2.45) is 0 Å². The number of amides is 1. The highest BCUT2D eigenvalue weighted by molar-refractivity contribution is 6.08. The van der Waals surface area contributed by atoms with Crippen molar-refractivity contribution in [1.82, 2.24) is 0 Å². The number of rotatable bonds is 1. The molecule has 0 unspecified atom stereocenters. The number of benzene rings is 1. The first-order valence-corrected chi connectivity index (χ1v) is 5.72. The summed E-state index contributed by atoms with van der Waals surface area (Å²) in [6.07, 6.45) is 2.08. The minimum Gasteiger partial charge on any atom is -0.325 e. The molecule has 17 heavy (non-hydrogen) atoms. The van der Waals surface area contributed by atoms with Crippen molar-refractivity contribution < 1.29 is 9.59 Å². The third-order valence-electron chi connectivity index (χ3n) is 3.88. The molecule has 2 aliphatic rings. The zero-order valence-electron chi connectivity index (χ0n) is 9.62. The van der Waals surface area contributed by atoms with Crippen LogP contribution in [0.1, 0.15) is 25.3 Å². The number of para-hydroxylation sites is 1. The third-order valence-corrected chi connectivity index (χ3v) is 3.88. The van der Waals surface area contributed by atoms with Crippen LogP contribution >= 0.6 is 0 Å². The number of hydrogen-bond acceptors (Lipinski definition) is 2.